The van der Waals surface area contributed by atoms with Crippen molar-refractivity contribution in [3.05, 3.63) is 58.8 Å². The summed E-state index contributed by atoms with van der Waals surface area (Å²) in [6.45, 7) is 1.96. The molecule has 0 unspecified atom stereocenters. The van der Waals surface area contributed by atoms with Gasteiger partial charge in [-0.2, -0.15) is 0 Å². The molecule has 0 saturated heterocycles. The van der Waals surface area contributed by atoms with Crippen molar-refractivity contribution in [2.24, 2.45) is 7.05 Å². The van der Waals surface area contributed by atoms with Gasteiger partial charge < -0.3 is 14.5 Å². The highest BCUT2D eigenvalue weighted by molar-refractivity contribution is 6.31. The molecule has 0 saturated carbocycles. The monoisotopic (exact) mass is 414 g/mol. The van der Waals surface area contributed by atoms with Crippen molar-refractivity contribution in [1.82, 2.24) is 19.7 Å². The summed E-state index contributed by atoms with van der Waals surface area (Å²) < 4.78 is 26.7. The van der Waals surface area contributed by atoms with Crippen LogP contribution < -0.4 is 9.47 Å². The zero-order valence-electron chi connectivity index (χ0n) is 16.5. The number of benzene rings is 1. The molecule has 150 valence electrons. The van der Waals surface area contributed by atoms with Crippen molar-refractivity contribution in [3.8, 4) is 22.8 Å². The average molecular weight is 415 g/mol. The number of aromatic amines is 1. The Morgan fingerprint density at radius 3 is 2.76 bits per heavy atom. The zero-order valence-corrected chi connectivity index (χ0v) is 17.2. The minimum atomic E-state index is -0.479. The summed E-state index contributed by atoms with van der Waals surface area (Å²) in [5.74, 6) is 0.354. The molecule has 1 N–H and O–H groups in total. The molecule has 0 aliphatic carbocycles. The first kappa shape index (κ1) is 19.3. The zero-order chi connectivity index (χ0) is 20.7. The van der Waals surface area contributed by atoms with Crippen LogP contribution in [0.3, 0.4) is 0 Å². The fourth-order valence-corrected chi connectivity index (χ4v) is 3.95. The minimum Gasteiger partial charge on any atom is -0.496 e. The highest BCUT2D eigenvalue weighted by Gasteiger charge is 2.23. The van der Waals surface area contributed by atoms with Gasteiger partial charge in [0.1, 0.15) is 17.2 Å². The molecule has 4 aromatic rings. The molecule has 1 aromatic carbocycles. The maximum atomic E-state index is 14.2. The fraction of sp³-hybridized carbons (Fsp3) is 0.238. The average Bonchev–Trinajstić information content (AvgIpc) is 3.31. The van der Waals surface area contributed by atoms with Gasteiger partial charge in [-0.05, 0) is 23.8 Å². The van der Waals surface area contributed by atoms with E-state index in [9.17, 15) is 4.39 Å². The summed E-state index contributed by atoms with van der Waals surface area (Å²) in [4.78, 5) is 7.72. The second kappa shape index (κ2) is 7.40. The lowest BCUT2D eigenvalue weighted by Gasteiger charge is -2.17. The molecule has 0 spiro atoms. The van der Waals surface area contributed by atoms with Gasteiger partial charge in [-0.1, -0.05) is 18.5 Å². The second-order valence-corrected chi connectivity index (χ2v) is 7.17. The van der Waals surface area contributed by atoms with Crippen LogP contribution in [0.25, 0.3) is 22.2 Å². The first-order valence-electron chi connectivity index (χ1n) is 9.01. The Hall–Kier alpha value is -3.06. The third-order valence-electron chi connectivity index (χ3n) is 5.07. The number of hydrogen-bond acceptors (Lipinski definition) is 4. The number of pyridine rings is 1. The van der Waals surface area contributed by atoms with Crippen molar-refractivity contribution in [2.45, 2.75) is 12.8 Å². The van der Waals surface area contributed by atoms with E-state index in [1.54, 1.807) is 31.2 Å². The lowest BCUT2D eigenvalue weighted by Crippen LogP contribution is -2.02. The SMILES string of the molecule is COc1ccc(F)c(Cl)c1[C@@H](C)c1c[nH]c2ncc(-c3cn(C)nc3OC)cc12. The van der Waals surface area contributed by atoms with E-state index in [2.05, 4.69) is 15.1 Å². The fourth-order valence-electron chi connectivity index (χ4n) is 3.63. The number of hydrogen-bond donors (Lipinski definition) is 1. The number of fused-ring (bicyclic) bond motifs is 1. The van der Waals surface area contributed by atoms with E-state index in [0.29, 0.717) is 17.2 Å². The van der Waals surface area contributed by atoms with E-state index in [0.717, 1.165) is 27.7 Å². The van der Waals surface area contributed by atoms with Crippen LogP contribution in [-0.2, 0) is 7.05 Å². The number of nitrogens with zero attached hydrogens (tertiary/aromatic N) is 3. The van der Waals surface area contributed by atoms with Gasteiger partial charge >= 0.3 is 0 Å². The Morgan fingerprint density at radius 2 is 2.03 bits per heavy atom. The molecule has 6 nitrogen and oxygen atoms in total. The summed E-state index contributed by atoms with van der Waals surface area (Å²) in [6.07, 6.45) is 5.51. The number of aryl methyl sites for hydroxylation is 1. The molecule has 3 heterocycles. The van der Waals surface area contributed by atoms with Gasteiger partial charge in [-0.3, -0.25) is 4.68 Å². The van der Waals surface area contributed by atoms with E-state index in [-0.39, 0.29) is 10.9 Å². The van der Waals surface area contributed by atoms with Gasteiger partial charge in [0, 0.05) is 48.1 Å². The Bertz CT molecular complexity index is 1200. The van der Waals surface area contributed by atoms with Crippen molar-refractivity contribution in [3.63, 3.8) is 0 Å². The third kappa shape index (κ3) is 3.21. The van der Waals surface area contributed by atoms with Crippen molar-refractivity contribution >= 4 is 22.6 Å². The number of H-pyrrole nitrogens is 1. The van der Waals surface area contributed by atoms with Crippen LogP contribution in [0.5, 0.6) is 11.6 Å². The molecule has 8 heteroatoms. The molecule has 0 fully saturated rings. The Kier molecular flexibility index (Phi) is 4.92. The van der Waals surface area contributed by atoms with Gasteiger partial charge in [0.25, 0.3) is 0 Å². The molecule has 3 aromatic heterocycles. The molecule has 0 amide bonds. The van der Waals surface area contributed by atoms with Crippen LogP contribution in [0.15, 0.2) is 36.8 Å². The second-order valence-electron chi connectivity index (χ2n) is 6.79. The van der Waals surface area contributed by atoms with Gasteiger partial charge in [0.2, 0.25) is 5.88 Å². The number of methoxy groups -OCH3 is 2. The minimum absolute atomic E-state index is 0.0595. The van der Waals surface area contributed by atoms with E-state index in [1.165, 1.54) is 6.07 Å². The van der Waals surface area contributed by atoms with E-state index < -0.39 is 5.82 Å². The third-order valence-corrected chi connectivity index (χ3v) is 5.46. The molecule has 0 bridgehead atoms. The summed E-state index contributed by atoms with van der Waals surface area (Å²) in [7, 11) is 4.96. The van der Waals surface area contributed by atoms with Crippen LogP contribution in [-0.4, -0.2) is 34.0 Å². The first-order valence-corrected chi connectivity index (χ1v) is 9.39. The maximum Gasteiger partial charge on any atom is 0.240 e. The van der Waals surface area contributed by atoms with Crippen LogP contribution in [0.1, 0.15) is 24.0 Å². The quantitative estimate of drug-likeness (QED) is 0.503. The predicted octanol–water partition coefficient (Wildman–Crippen LogP) is 4.92. The molecule has 4 rings (SSSR count). The molecule has 1 atom stereocenters. The van der Waals surface area contributed by atoms with Gasteiger partial charge in [-0.25, -0.2) is 9.37 Å². The Balaban J connectivity index is 1.87. The number of ether oxygens (including phenoxy) is 2. The standard InChI is InChI=1S/C21H20ClFN4O2/c1-11(18-17(28-3)6-5-16(23)19(18)22)14-9-25-20-13(14)7-12(8-24-20)15-10-27(2)26-21(15)29-4/h5-11H,1-4H3,(H,24,25)/t11-/m0/s1. The Labute approximate surface area is 172 Å². The van der Waals surface area contributed by atoms with E-state index in [4.69, 9.17) is 21.1 Å². The van der Waals surface area contributed by atoms with Gasteiger partial charge in [0.15, 0.2) is 0 Å². The van der Waals surface area contributed by atoms with E-state index in [1.807, 2.05) is 32.4 Å². The predicted molar refractivity (Wildman–Crippen MR) is 110 cm³/mol. The highest BCUT2D eigenvalue weighted by Crippen LogP contribution is 2.41. The number of halogens is 2. The summed E-state index contributed by atoms with van der Waals surface area (Å²) in [6, 6.07) is 4.91. The molecule has 0 radical (unpaired) electrons. The van der Waals surface area contributed by atoms with Crippen LogP contribution >= 0.6 is 11.6 Å². The summed E-state index contributed by atoms with van der Waals surface area (Å²) in [5.41, 5.74) is 3.96. The Morgan fingerprint density at radius 1 is 1.24 bits per heavy atom. The maximum absolute atomic E-state index is 14.2. The van der Waals surface area contributed by atoms with E-state index >= 15 is 0 Å². The van der Waals surface area contributed by atoms with Crippen molar-refractivity contribution < 1.29 is 13.9 Å². The van der Waals surface area contributed by atoms with Crippen LogP contribution in [0.4, 0.5) is 4.39 Å². The first-order chi connectivity index (χ1) is 13.9. The van der Waals surface area contributed by atoms with Crippen molar-refractivity contribution in [1.29, 1.82) is 0 Å². The highest BCUT2D eigenvalue weighted by atomic mass is 35.5. The molecular weight excluding hydrogens is 395 g/mol. The summed E-state index contributed by atoms with van der Waals surface area (Å²) in [5, 5.41) is 5.27. The topological polar surface area (TPSA) is 65.0 Å². The summed E-state index contributed by atoms with van der Waals surface area (Å²) >= 11 is 6.30. The van der Waals surface area contributed by atoms with Gasteiger partial charge in [0.05, 0.1) is 24.8 Å². The van der Waals surface area contributed by atoms with Crippen LogP contribution in [0.2, 0.25) is 5.02 Å². The lowest BCUT2D eigenvalue weighted by molar-refractivity contribution is 0.393. The number of rotatable bonds is 5. The lowest BCUT2D eigenvalue weighted by atomic mass is 9.91. The molecular formula is C21H20ClFN4O2. The largest absolute Gasteiger partial charge is 0.496 e. The molecule has 0 aliphatic heterocycles. The van der Waals surface area contributed by atoms with Crippen molar-refractivity contribution in [2.75, 3.05) is 14.2 Å². The number of nitrogens with one attached hydrogen (secondary N) is 1. The molecule has 0 aliphatic rings. The normalized spacial score (nSPS) is 12.3. The molecule has 29 heavy (non-hydrogen) atoms. The smallest absolute Gasteiger partial charge is 0.240 e. The van der Waals surface area contributed by atoms with Gasteiger partial charge in [-0.15, -0.1) is 5.10 Å². The van der Waals surface area contributed by atoms with Crippen LogP contribution in [0, 0.1) is 5.82 Å². The number of aromatic nitrogens is 4.